The molecular formula is C19H31IN4O4. The highest BCUT2D eigenvalue weighted by Gasteiger charge is 2.25. The fourth-order valence-corrected chi connectivity index (χ4v) is 3.13. The molecule has 1 atom stereocenters. The van der Waals surface area contributed by atoms with Gasteiger partial charge in [0.25, 0.3) is 0 Å². The molecule has 0 bridgehead atoms. The average Bonchev–Trinajstić information content (AvgIpc) is 3.18. The maximum Gasteiger partial charge on any atom is 0.222 e. The monoisotopic (exact) mass is 506 g/mol. The van der Waals surface area contributed by atoms with Gasteiger partial charge in [-0.25, -0.2) is 0 Å². The standard InChI is InChI=1S/C19H30N4O4.HI/c1-6-18(24)23-8-7-14(12-23)22-19(20-2)21-11-13-9-16(26-4)17(27-5)10-15(13)25-3;/h9-10,14H,6-8,11-12H2,1-5H3,(H2,20,21,22);1H. The summed E-state index contributed by atoms with van der Waals surface area (Å²) in [4.78, 5) is 18.0. The van der Waals surface area contributed by atoms with Gasteiger partial charge in [-0.15, -0.1) is 24.0 Å². The zero-order valence-corrected chi connectivity index (χ0v) is 19.5. The molecule has 2 N–H and O–H groups in total. The van der Waals surface area contributed by atoms with Gasteiger partial charge in [-0.1, -0.05) is 6.92 Å². The first kappa shape index (κ1) is 24.1. The minimum absolute atomic E-state index is 0. The number of nitrogens with one attached hydrogen (secondary N) is 2. The Morgan fingerprint density at radius 1 is 1.18 bits per heavy atom. The SMILES string of the molecule is CCC(=O)N1CCC(NC(=NC)NCc2cc(OC)c(OC)cc2OC)C1.I. The van der Waals surface area contributed by atoms with Crippen LogP contribution >= 0.6 is 24.0 Å². The smallest absolute Gasteiger partial charge is 0.222 e. The van der Waals surface area contributed by atoms with Crippen LogP contribution in [0, 0.1) is 0 Å². The molecule has 1 aliphatic rings. The highest BCUT2D eigenvalue weighted by molar-refractivity contribution is 14.0. The van der Waals surface area contributed by atoms with Crippen LogP contribution in [0.25, 0.3) is 0 Å². The number of carbonyl (C=O) groups excluding carboxylic acids is 1. The quantitative estimate of drug-likeness (QED) is 0.335. The van der Waals surface area contributed by atoms with E-state index in [-0.39, 0.29) is 35.9 Å². The van der Waals surface area contributed by atoms with Gasteiger partial charge >= 0.3 is 0 Å². The molecular weight excluding hydrogens is 475 g/mol. The van der Waals surface area contributed by atoms with Crippen LogP contribution in [0.3, 0.4) is 0 Å². The normalized spacial score (nSPS) is 16.2. The van der Waals surface area contributed by atoms with E-state index in [1.807, 2.05) is 17.9 Å². The number of benzene rings is 1. The van der Waals surface area contributed by atoms with E-state index in [9.17, 15) is 4.79 Å². The Balaban J connectivity index is 0.00000392. The maximum absolute atomic E-state index is 11.8. The van der Waals surface area contributed by atoms with Crippen molar-refractivity contribution >= 4 is 35.8 Å². The summed E-state index contributed by atoms with van der Waals surface area (Å²) in [5.41, 5.74) is 0.923. The molecule has 158 valence electrons. The van der Waals surface area contributed by atoms with Gasteiger partial charge in [0.1, 0.15) is 5.75 Å². The summed E-state index contributed by atoms with van der Waals surface area (Å²) in [7, 11) is 6.54. The van der Waals surface area contributed by atoms with Gasteiger partial charge in [0.2, 0.25) is 5.91 Å². The van der Waals surface area contributed by atoms with Crippen molar-refractivity contribution < 1.29 is 19.0 Å². The summed E-state index contributed by atoms with van der Waals surface area (Å²) in [6.45, 7) is 3.88. The highest BCUT2D eigenvalue weighted by Crippen LogP contribution is 2.34. The van der Waals surface area contributed by atoms with Crippen molar-refractivity contribution in [2.24, 2.45) is 4.99 Å². The van der Waals surface area contributed by atoms with Crippen LogP contribution in [-0.4, -0.2) is 64.3 Å². The van der Waals surface area contributed by atoms with Gasteiger partial charge in [0, 0.05) is 50.8 Å². The zero-order chi connectivity index (χ0) is 19.8. The number of ether oxygens (including phenoxy) is 3. The maximum atomic E-state index is 11.8. The molecule has 0 saturated carbocycles. The second kappa shape index (κ2) is 11.8. The van der Waals surface area contributed by atoms with Gasteiger partial charge in [-0.05, 0) is 12.5 Å². The lowest BCUT2D eigenvalue weighted by Crippen LogP contribution is -2.44. The minimum atomic E-state index is 0. The number of aliphatic imine (C=N–C) groups is 1. The Morgan fingerprint density at radius 3 is 2.39 bits per heavy atom. The number of carbonyl (C=O) groups is 1. The Morgan fingerprint density at radius 2 is 1.82 bits per heavy atom. The Bertz CT molecular complexity index is 684. The van der Waals surface area contributed by atoms with E-state index in [1.165, 1.54) is 0 Å². The van der Waals surface area contributed by atoms with Crippen LogP contribution in [0.2, 0.25) is 0 Å². The number of guanidine groups is 1. The summed E-state index contributed by atoms with van der Waals surface area (Å²) in [6, 6.07) is 3.88. The van der Waals surface area contributed by atoms with Crippen LogP contribution in [-0.2, 0) is 11.3 Å². The first-order valence-electron chi connectivity index (χ1n) is 9.10. The third kappa shape index (κ3) is 6.05. The van der Waals surface area contributed by atoms with Crippen LogP contribution in [0.4, 0.5) is 0 Å². The number of likely N-dealkylation sites (tertiary alicyclic amines) is 1. The Hall–Kier alpha value is -1.91. The summed E-state index contributed by atoms with van der Waals surface area (Å²) < 4.78 is 16.1. The van der Waals surface area contributed by atoms with Crippen LogP contribution in [0.5, 0.6) is 17.2 Å². The lowest BCUT2D eigenvalue weighted by Gasteiger charge is -2.19. The number of hydrogen-bond donors (Lipinski definition) is 2. The second-order valence-corrected chi connectivity index (χ2v) is 6.27. The third-order valence-electron chi connectivity index (χ3n) is 4.64. The Labute approximate surface area is 184 Å². The molecule has 0 aliphatic carbocycles. The van der Waals surface area contributed by atoms with E-state index in [4.69, 9.17) is 14.2 Å². The summed E-state index contributed by atoms with van der Waals surface area (Å²) in [5, 5.41) is 6.67. The molecule has 2 rings (SSSR count). The van der Waals surface area contributed by atoms with Gasteiger partial charge in [-0.2, -0.15) is 0 Å². The number of methoxy groups -OCH3 is 3. The molecule has 0 spiro atoms. The van der Waals surface area contributed by atoms with E-state index in [0.29, 0.717) is 42.7 Å². The minimum Gasteiger partial charge on any atom is -0.496 e. The first-order valence-corrected chi connectivity index (χ1v) is 9.10. The molecule has 9 heteroatoms. The predicted molar refractivity (Wildman–Crippen MR) is 120 cm³/mol. The lowest BCUT2D eigenvalue weighted by atomic mass is 10.1. The van der Waals surface area contributed by atoms with Gasteiger partial charge < -0.3 is 29.7 Å². The molecule has 1 aromatic rings. The molecule has 1 saturated heterocycles. The van der Waals surface area contributed by atoms with Gasteiger partial charge in [0.05, 0.1) is 21.3 Å². The van der Waals surface area contributed by atoms with E-state index < -0.39 is 0 Å². The van der Waals surface area contributed by atoms with E-state index >= 15 is 0 Å². The molecule has 0 aromatic heterocycles. The van der Waals surface area contributed by atoms with Crippen LogP contribution in [0.15, 0.2) is 17.1 Å². The van der Waals surface area contributed by atoms with Crippen molar-refractivity contribution in [2.75, 3.05) is 41.5 Å². The topological polar surface area (TPSA) is 84.4 Å². The Kier molecular flexibility index (Phi) is 10.2. The summed E-state index contributed by atoms with van der Waals surface area (Å²) in [6.07, 6.45) is 1.45. The number of amides is 1. The van der Waals surface area contributed by atoms with Crippen molar-refractivity contribution in [3.8, 4) is 17.2 Å². The highest BCUT2D eigenvalue weighted by atomic mass is 127. The molecule has 0 radical (unpaired) electrons. The number of hydrogen-bond acceptors (Lipinski definition) is 5. The fourth-order valence-electron chi connectivity index (χ4n) is 3.13. The molecule has 1 aliphatic heterocycles. The molecule has 28 heavy (non-hydrogen) atoms. The van der Waals surface area contributed by atoms with Crippen molar-refractivity contribution in [2.45, 2.75) is 32.4 Å². The van der Waals surface area contributed by atoms with E-state index in [2.05, 4.69) is 15.6 Å². The van der Waals surface area contributed by atoms with Crippen molar-refractivity contribution in [1.82, 2.24) is 15.5 Å². The third-order valence-corrected chi connectivity index (χ3v) is 4.64. The molecule has 8 nitrogen and oxygen atoms in total. The fraction of sp³-hybridized carbons (Fsp3) is 0.579. The number of nitrogens with zero attached hydrogens (tertiary/aromatic N) is 2. The molecule has 1 heterocycles. The lowest BCUT2D eigenvalue weighted by molar-refractivity contribution is -0.129. The molecule has 1 fully saturated rings. The van der Waals surface area contributed by atoms with E-state index in [1.54, 1.807) is 34.4 Å². The van der Waals surface area contributed by atoms with Gasteiger partial charge in [-0.3, -0.25) is 9.79 Å². The van der Waals surface area contributed by atoms with Crippen LogP contribution < -0.4 is 24.8 Å². The summed E-state index contributed by atoms with van der Waals surface area (Å²) in [5.74, 6) is 2.84. The van der Waals surface area contributed by atoms with Gasteiger partial charge in [0.15, 0.2) is 17.5 Å². The van der Waals surface area contributed by atoms with Crippen molar-refractivity contribution in [1.29, 1.82) is 0 Å². The summed E-state index contributed by atoms with van der Waals surface area (Å²) >= 11 is 0. The van der Waals surface area contributed by atoms with E-state index in [0.717, 1.165) is 18.5 Å². The second-order valence-electron chi connectivity index (χ2n) is 6.27. The number of rotatable bonds is 7. The molecule has 1 aromatic carbocycles. The van der Waals surface area contributed by atoms with Crippen molar-refractivity contribution in [3.05, 3.63) is 17.7 Å². The zero-order valence-electron chi connectivity index (χ0n) is 17.2. The average molecular weight is 506 g/mol. The largest absolute Gasteiger partial charge is 0.496 e. The van der Waals surface area contributed by atoms with Crippen molar-refractivity contribution in [3.63, 3.8) is 0 Å². The molecule has 1 amide bonds. The van der Waals surface area contributed by atoms with Crippen LogP contribution in [0.1, 0.15) is 25.3 Å². The first-order chi connectivity index (χ1) is 13.1. The molecule has 1 unspecified atom stereocenters. The predicted octanol–water partition coefficient (Wildman–Crippen LogP) is 2.01. The number of halogens is 1.